The van der Waals surface area contributed by atoms with Gasteiger partial charge in [0.1, 0.15) is 0 Å². The first kappa shape index (κ1) is 7.05. The van der Waals surface area contributed by atoms with Crippen LogP contribution in [-0.2, 0) is 4.79 Å². The summed E-state index contributed by atoms with van der Waals surface area (Å²) in [6.07, 6.45) is 2.19. The smallest absolute Gasteiger partial charge is 0.328 e. The monoisotopic (exact) mass is 142 g/mol. The predicted molar refractivity (Wildman–Crippen MR) is 37.2 cm³/mol. The van der Waals surface area contributed by atoms with E-state index in [1.807, 2.05) is 11.9 Å². The van der Waals surface area contributed by atoms with E-state index in [4.69, 9.17) is 5.11 Å². The van der Waals surface area contributed by atoms with E-state index in [0.29, 0.717) is 6.42 Å². The zero-order chi connectivity index (χ0) is 7.56. The Morgan fingerprint density at radius 3 is 3.00 bits per heavy atom. The molecule has 0 aromatic carbocycles. The van der Waals surface area contributed by atoms with Gasteiger partial charge in [-0.05, 0) is 6.42 Å². The second kappa shape index (κ2) is 2.68. The molecule has 0 fully saturated rings. The number of hydrogen-bond donors (Lipinski definition) is 1. The molecule has 0 aliphatic carbocycles. The minimum atomic E-state index is -0.829. The van der Waals surface area contributed by atoms with Gasteiger partial charge >= 0.3 is 5.97 Å². The molecule has 1 aliphatic heterocycles. The van der Waals surface area contributed by atoms with Crippen LogP contribution < -0.4 is 0 Å². The summed E-state index contributed by atoms with van der Waals surface area (Å²) in [6, 6.07) is -0.517. The Morgan fingerprint density at radius 2 is 2.60 bits per heavy atom. The summed E-state index contributed by atoms with van der Waals surface area (Å²) in [5.74, 6) is -0.829. The Kier molecular flexibility index (Phi) is 1.89. The minimum Gasteiger partial charge on any atom is -0.480 e. The average molecular weight is 142 g/mol. The van der Waals surface area contributed by atoms with Crippen molar-refractivity contribution in [2.75, 3.05) is 13.6 Å². The number of aliphatic imine (C=N–C) groups is 1. The molecule has 1 unspecified atom stereocenters. The van der Waals surface area contributed by atoms with Gasteiger partial charge in [0.25, 0.3) is 0 Å². The van der Waals surface area contributed by atoms with Gasteiger partial charge in [0.15, 0.2) is 6.04 Å². The highest BCUT2D eigenvalue weighted by atomic mass is 16.4. The number of aliphatic carboxylic acids is 1. The fourth-order valence-corrected chi connectivity index (χ4v) is 0.840. The van der Waals surface area contributed by atoms with Crippen LogP contribution in [0.1, 0.15) is 6.42 Å². The van der Waals surface area contributed by atoms with Gasteiger partial charge in [-0.25, -0.2) is 4.79 Å². The van der Waals surface area contributed by atoms with Crippen molar-refractivity contribution < 1.29 is 9.90 Å². The third kappa shape index (κ3) is 1.46. The van der Waals surface area contributed by atoms with Crippen LogP contribution in [0.5, 0.6) is 0 Å². The molecule has 0 saturated carbocycles. The molecule has 0 amide bonds. The van der Waals surface area contributed by atoms with Crippen LogP contribution in [0, 0.1) is 0 Å². The van der Waals surface area contributed by atoms with Crippen LogP contribution in [-0.4, -0.2) is 41.9 Å². The van der Waals surface area contributed by atoms with Crippen LogP contribution in [0.4, 0.5) is 0 Å². The maximum atomic E-state index is 10.3. The van der Waals surface area contributed by atoms with Gasteiger partial charge in [0, 0.05) is 13.6 Å². The molecule has 0 spiro atoms. The maximum Gasteiger partial charge on any atom is 0.328 e. The lowest BCUT2D eigenvalue weighted by molar-refractivity contribution is -0.138. The van der Waals surface area contributed by atoms with Crippen LogP contribution >= 0.6 is 0 Å². The van der Waals surface area contributed by atoms with E-state index >= 15 is 0 Å². The molecule has 4 heteroatoms. The first-order valence-corrected chi connectivity index (χ1v) is 3.16. The Morgan fingerprint density at radius 1 is 1.90 bits per heavy atom. The normalized spacial score (nSPS) is 24.9. The molecular weight excluding hydrogens is 132 g/mol. The standard InChI is InChI=1S/C6H10N2O2/c1-8-3-2-5(6(9)10)7-4-8/h4-5H,2-3H2,1H3,(H,9,10). The van der Waals surface area contributed by atoms with Gasteiger partial charge in [0.2, 0.25) is 0 Å². The van der Waals surface area contributed by atoms with E-state index < -0.39 is 12.0 Å². The third-order valence-corrected chi connectivity index (χ3v) is 1.48. The third-order valence-electron chi connectivity index (χ3n) is 1.48. The van der Waals surface area contributed by atoms with Gasteiger partial charge in [-0.15, -0.1) is 0 Å². The molecule has 1 heterocycles. The second-order valence-electron chi connectivity index (χ2n) is 2.39. The van der Waals surface area contributed by atoms with E-state index in [1.165, 1.54) is 0 Å². The van der Waals surface area contributed by atoms with Crippen molar-refractivity contribution in [3.05, 3.63) is 0 Å². The molecule has 0 saturated heterocycles. The predicted octanol–water partition coefficient (Wildman–Crippen LogP) is -0.197. The Bertz CT molecular complexity index is 167. The van der Waals surface area contributed by atoms with Crippen molar-refractivity contribution in [3.8, 4) is 0 Å². The van der Waals surface area contributed by atoms with E-state index in [9.17, 15) is 4.79 Å². The van der Waals surface area contributed by atoms with Crippen LogP contribution in [0.15, 0.2) is 4.99 Å². The summed E-state index contributed by atoms with van der Waals surface area (Å²) < 4.78 is 0. The van der Waals surface area contributed by atoms with Gasteiger partial charge in [-0.2, -0.15) is 0 Å². The van der Waals surface area contributed by atoms with Gasteiger partial charge < -0.3 is 10.0 Å². The summed E-state index contributed by atoms with van der Waals surface area (Å²) in [4.78, 5) is 16.0. The molecule has 1 rings (SSSR count). The fraction of sp³-hybridized carbons (Fsp3) is 0.667. The number of carbonyl (C=O) groups is 1. The quantitative estimate of drug-likeness (QED) is 0.551. The van der Waals surface area contributed by atoms with E-state index in [2.05, 4.69) is 4.99 Å². The summed E-state index contributed by atoms with van der Waals surface area (Å²) in [5, 5.41) is 8.49. The Labute approximate surface area is 59.2 Å². The highest BCUT2D eigenvalue weighted by Crippen LogP contribution is 2.03. The van der Waals surface area contributed by atoms with Crippen molar-refractivity contribution in [2.24, 2.45) is 4.99 Å². The van der Waals surface area contributed by atoms with Crippen molar-refractivity contribution >= 4 is 12.3 Å². The zero-order valence-electron chi connectivity index (χ0n) is 5.82. The second-order valence-corrected chi connectivity index (χ2v) is 2.39. The lowest BCUT2D eigenvalue weighted by Crippen LogP contribution is -2.31. The Hall–Kier alpha value is -1.06. The molecule has 4 nitrogen and oxygen atoms in total. The zero-order valence-corrected chi connectivity index (χ0v) is 5.82. The van der Waals surface area contributed by atoms with Crippen LogP contribution in [0.2, 0.25) is 0 Å². The van der Waals surface area contributed by atoms with Crippen molar-refractivity contribution in [1.82, 2.24) is 4.90 Å². The highest BCUT2D eigenvalue weighted by Gasteiger charge is 2.18. The van der Waals surface area contributed by atoms with E-state index in [0.717, 1.165) is 6.54 Å². The van der Waals surface area contributed by atoms with Gasteiger partial charge in [0.05, 0.1) is 6.34 Å². The molecule has 1 atom stereocenters. The number of carboxylic acid groups (broad SMARTS) is 1. The maximum absolute atomic E-state index is 10.3. The van der Waals surface area contributed by atoms with Crippen LogP contribution in [0.3, 0.4) is 0 Å². The number of rotatable bonds is 1. The number of nitrogens with zero attached hydrogens (tertiary/aromatic N) is 2. The average Bonchev–Trinajstić information content (AvgIpc) is 1.88. The lowest BCUT2D eigenvalue weighted by atomic mass is 10.2. The summed E-state index contributed by atoms with van der Waals surface area (Å²) in [5.41, 5.74) is 0. The molecule has 10 heavy (non-hydrogen) atoms. The Balaban J connectivity index is 2.53. The molecule has 56 valence electrons. The molecule has 0 aromatic rings. The first-order valence-electron chi connectivity index (χ1n) is 3.16. The van der Waals surface area contributed by atoms with Crippen molar-refractivity contribution in [2.45, 2.75) is 12.5 Å². The van der Waals surface area contributed by atoms with Crippen molar-refractivity contribution in [3.63, 3.8) is 0 Å². The van der Waals surface area contributed by atoms with Gasteiger partial charge in [-0.1, -0.05) is 0 Å². The molecular formula is C6H10N2O2. The molecule has 0 aromatic heterocycles. The van der Waals surface area contributed by atoms with E-state index in [1.54, 1.807) is 6.34 Å². The number of hydrogen-bond acceptors (Lipinski definition) is 3. The van der Waals surface area contributed by atoms with Crippen molar-refractivity contribution in [1.29, 1.82) is 0 Å². The summed E-state index contributed by atoms with van der Waals surface area (Å²) in [6.45, 7) is 0.778. The van der Waals surface area contributed by atoms with Crippen LogP contribution in [0.25, 0.3) is 0 Å². The molecule has 1 aliphatic rings. The first-order chi connectivity index (χ1) is 4.70. The largest absolute Gasteiger partial charge is 0.480 e. The SMILES string of the molecule is CN1C=NC(C(=O)O)CC1. The van der Waals surface area contributed by atoms with E-state index in [-0.39, 0.29) is 0 Å². The lowest BCUT2D eigenvalue weighted by Gasteiger charge is -2.20. The minimum absolute atomic E-state index is 0.517. The topological polar surface area (TPSA) is 52.9 Å². The summed E-state index contributed by atoms with van der Waals surface area (Å²) in [7, 11) is 1.88. The number of carboxylic acids is 1. The molecule has 0 radical (unpaired) electrons. The highest BCUT2D eigenvalue weighted by molar-refractivity contribution is 5.76. The van der Waals surface area contributed by atoms with Gasteiger partial charge in [-0.3, -0.25) is 4.99 Å². The molecule has 0 bridgehead atoms. The summed E-state index contributed by atoms with van der Waals surface area (Å²) >= 11 is 0. The fourth-order valence-electron chi connectivity index (χ4n) is 0.840. The molecule has 1 N–H and O–H groups in total.